The van der Waals surface area contributed by atoms with Gasteiger partial charge in [-0.2, -0.15) is 5.10 Å². The lowest BCUT2D eigenvalue weighted by molar-refractivity contribution is 0.0980. The second kappa shape index (κ2) is 6.26. The van der Waals surface area contributed by atoms with Crippen LogP contribution < -0.4 is 4.90 Å². The summed E-state index contributed by atoms with van der Waals surface area (Å²) in [5.41, 5.74) is 3.23. The zero-order valence-corrected chi connectivity index (χ0v) is 12.4. The molecule has 0 radical (unpaired) electrons. The van der Waals surface area contributed by atoms with E-state index < -0.39 is 0 Å². The molecule has 2 aromatic carbocycles. The lowest BCUT2D eigenvalue weighted by Gasteiger charge is -2.22. The molecule has 0 atom stereocenters. The van der Waals surface area contributed by atoms with Crippen molar-refractivity contribution in [1.82, 2.24) is 10.2 Å². The second-order valence-corrected chi connectivity index (χ2v) is 5.15. The summed E-state index contributed by atoms with van der Waals surface area (Å²) in [5, 5.41) is 6.91. The monoisotopic (exact) mass is 291 g/mol. The van der Waals surface area contributed by atoms with Crippen LogP contribution in [0.5, 0.6) is 0 Å². The Morgan fingerprint density at radius 3 is 2.27 bits per heavy atom. The molecule has 0 saturated carbocycles. The molecule has 110 valence electrons. The summed E-state index contributed by atoms with van der Waals surface area (Å²) in [6.07, 6.45) is 0. The Morgan fingerprint density at radius 1 is 1.05 bits per heavy atom. The van der Waals surface area contributed by atoms with Crippen LogP contribution in [-0.4, -0.2) is 16.1 Å². The average molecular weight is 291 g/mol. The minimum absolute atomic E-state index is 0.112. The number of carbonyl (C=O) groups excluding carboxylic acids is 1. The standard InChI is InChI=1S/C18H17N3O/c1-14-12-17(20-19-14)18(22)21(16-10-6-3-7-11-16)13-15-8-4-2-5-9-15/h2-12H,13H2,1H3,(H,19,20). The van der Waals surface area contributed by atoms with Crippen molar-refractivity contribution in [3.8, 4) is 0 Å². The van der Waals surface area contributed by atoms with Crippen LogP contribution in [-0.2, 0) is 6.54 Å². The highest BCUT2D eigenvalue weighted by atomic mass is 16.2. The highest BCUT2D eigenvalue weighted by Gasteiger charge is 2.20. The fourth-order valence-corrected chi connectivity index (χ4v) is 2.32. The number of hydrogen-bond donors (Lipinski definition) is 1. The van der Waals surface area contributed by atoms with Gasteiger partial charge in [0.25, 0.3) is 5.91 Å². The summed E-state index contributed by atoms with van der Waals surface area (Å²) < 4.78 is 0. The van der Waals surface area contributed by atoms with Crippen molar-refractivity contribution in [3.05, 3.63) is 83.7 Å². The molecule has 22 heavy (non-hydrogen) atoms. The Hall–Kier alpha value is -2.88. The van der Waals surface area contributed by atoms with E-state index in [1.165, 1.54) is 0 Å². The maximum atomic E-state index is 12.8. The van der Waals surface area contributed by atoms with Crippen LogP contribution in [0.3, 0.4) is 0 Å². The van der Waals surface area contributed by atoms with E-state index in [-0.39, 0.29) is 5.91 Å². The Morgan fingerprint density at radius 2 is 1.68 bits per heavy atom. The number of aryl methyl sites for hydroxylation is 1. The zero-order valence-electron chi connectivity index (χ0n) is 12.4. The number of nitrogens with one attached hydrogen (secondary N) is 1. The summed E-state index contributed by atoms with van der Waals surface area (Å²) in [6.45, 7) is 2.39. The first-order chi connectivity index (χ1) is 10.7. The molecule has 1 aromatic heterocycles. The maximum absolute atomic E-state index is 12.8. The number of hydrogen-bond acceptors (Lipinski definition) is 2. The van der Waals surface area contributed by atoms with Gasteiger partial charge in [0.2, 0.25) is 0 Å². The van der Waals surface area contributed by atoms with E-state index in [9.17, 15) is 4.79 Å². The van der Waals surface area contributed by atoms with Gasteiger partial charge in [-0.25, -0.2) is 0 Å². The molecule has 0 unspecified atom stereocenters. The Bertz CT molecular complexity index is 750. The first-order valence-electron chi connectivity index (χ1n) is 7.17. The molecule has 0 fully saturated rings. The highest BCUT2D eigenvalue weighted by Crippen LogP contribution is 2.19. The van der Waals surface area contributed by atoms with E-state index in [1.54, 1.807) is 11.0 Å². The van der Waals surface area contributed by atoms with Crippen LogP contribution in [0.2, 0.25) is 0 Å². The van der Waals surface area contributed by atoms with Crippen LogP contribution in [0.15, 0.2) is 66.7 Å². The Balaban J connectivity index is 1.94. The van der Waals surface area contributed by atoms with Crippen molar-refractivity contribution < 1.29 is 4.79 Å². The summed E-state index contributed by atoms with van der Waals surface area (Å²) >= 11 is 0. The molecular weight excluding hydrogens is 274 g/mol. The van der Waals surface area contributed by atoms with E-state index in [2.05, 4.69) is 10.2 Å². The van der Waals surface area contributed by atoms with Gasteiger partial charge in [0.15, 0.2) is 5.69 Å². The third kappa shape index (κ3) is 3.06. The van der Waals surface area contributed by atoms with Crippen molar-refractivity contribution in [2.75, 3.05) is 4.90 Å². The summed E-state index contributed by atoms with van der Waals surface area (Å²) in [7, 11) is 0. The number of benzene rings is 2. The lowest BCUT2D eigenvalue weighted by Crippen LogP contribution is -2.30. The quantitative estimate of drug-likeness (QED) is 0.799. The summed E-state index contributed by atoms with van der Waals surface area (Å²) in [6, 6.07) is 21.4. The van der Waals surface area contributed by atoms with Crippen LogP contribution in [0.4, 0.5) is 5.69 Å². The number of rotatable bonds is 4. The molecule has 3 rings (SSSR count). The predicted molar refractivity (Wildman–Crippen MR) is 86.7 cm³/mol. The molecule has 0 aliphatic heterocycles. The van der Waals surface area contributed by atoms with Crippen LogP contribution in [0.25, 0.3) is 0 Å². The highest BCUT2D eigenvalue weighted by molar-refractivity contribution is 6.04. The zero-order chi connectivity index (χ0) is 15.4. The van der Waals surface area contributed by atoms with Gasteiger partial charge in [0.05, 0.1) is 6.54 Å². The lowest BCUT2D eigenvalue weighted by atomic mass is 10.2. The first kappa shape index (κ1) is 14.1. The van der Waals surface area contributed by atoms with Gasteiger partial charge in [-0.1, -0.05) is 48.5 Å². The van der Waals surface area contributed by atoms with Crippen LogP contribution in [0.1, 0.15) is 21.7 Å². The van der Waals surface area contributed by atoms with Crippen molar-refractivity contribution in [1.29, 1.82) is 0 Å². The smallest absolute Gasteiger partial charge is 0.279 e. The van der Waals surface area contributed by atoms with Crippen molar-refractivity contribution >= 4 is 11.6 Å². The Kier molecular flexibility index (Phi) is 4.01. The topological polar surface area (TPSA) is 49.0 Å². The number of amides is 1. The third-order valence-corrected chi connectivity index (χ3v) is 3.42. The fraction of sp³-hybridized carbons (Fsp3) is 0.111. The molecule has 0 aliphatic rings. The molecule has 0 spiro atoms. The molecule has 4 heteroatoms. The van der Waals surface area contributed by atoms with E-state index in [4.69, 9.17) is 0 Å². The molecule has 1 N–H and O–H groups in total. The molecular formula is C18H17N3O. The molecule has 3 aromatic rings. The van der Waals surface area contributed by atoms with E-state index in [0.717, 1.165) is 16.9 Å². The molecule has 4 nitrogen and oxygen atoms in total. The first-order valence-corrected chi connectivity index (χ1v) is 7.17. The number of anilines is 1. The van der Waals surface area contributed by atoms with Gasteiger partial charge in [0, 0.05) is 11.4 Å². The Labute approximate surface area is 129 Å². The molecule has 0 bridgehead atoms. The van der Waals surface area contributed by atoms with Gasteiger partial charge >= 0.3 is 0 Å². The number of aromatic amines is 1. The van der Waals surface area contributed by atoms with Gasteiger partial charge in [-0.3, -0.25) is 9.89 Å². The predicted octanol–water partition coefficient (Wildman–Crippen LogP) is 3.57. The van der Waals surface area contributed by atoms with E-state index >= 15 is 0 Å². The van der Waals surface area contributed by atoms with Crippen molar-refractivity contribution in [2.45, 2.75) is 13.5 Å². The van der Waals surface area contributed by atoms with Crippen LogP contribution >= 0.6 is 0 Å². The largest absolute Gasteiger partial charge is 0.303 e. The van der Waals surface area contributed by atoms with Gasteiger partial charge in [-0.15, -0.1) is 0 Å². The fourth-order valence-electron chi connectivity index (χ4n) is 2.32. The minimum Gasteiger partial charge on any atom is -0.303 e. The van der Waals surface area contributed by atoms with Crippen LogP contribution in [0, 0.1) is 6.92 Å². The SMILES string of the molecule is Cc1cc(C(=O)N(Cc2ccccc2)c2ccccc2)n[nH]1. The van der Waals surface area contributed by atoms with E-state index in [1.807, 2.05) is 67.6 Å². The summed E-state index contributed by atoms with van der Waals surface area (Å²) in [5.74, 6) is -0.112. The number of H-pyrrole nitrogens is 1. The average Bonchev–Trinajstić information content (AvgIpc) is 3.00. The second-order valence-electron chi connectivity index (χ2n) is 5.15. The van der Waals surface area contributed by atoms with Crippen molar-refractivity contribution in [3.63, 3.8) is 0 Å². The summed E-state index contributed by atoms with van der Waals surface area (Å²) in [4.78, 5) is 14.5. The van der Waals surface area contributed by atoms with Gasteiger partial charge < -0.3 is 4.90 Å². The number of carbonyl (C=O) groups is 1. The van der Waals surface area contributed by atoms with Crippen molar-refractivity contribution in [2.24, 2.45) is 0 Å². The van der Waals surface area contributed by atoms with Gasteiger partial charge in [0.1, 0.15) is 0 Å². The van der Waals surface area contributed by atoms with E-state index in [0.29, 0.717) is 12.2 Å². The maximum Gasteiger partial charge on any atom is 0.279 e. The number of para-hydroxylation sites is 1. The molecule has 0 aliphatic carbocycles. The molecule has 0 saturated heterocycles. The minimum atomic E-state index is -0.112. The number of aromatic nitrogens is 2. The third-order valence-electron chi connectivity index (χ3n) is 3.42. The molecule has 1 heterocycles. The van der Waals surface area contributed by atoms with Gasteiger partial charge in [-0.05, 0) is 30.7 Å². The molecule has 1 amide bonds. The normalized spacial score (nSPS) is 10.4. The number of nitrogens with zero attached hydrogens (tertiary/aromatic N) is 2.